The standard InChI is InChI=1S/C12H18N2O3.ClH/c1-16-12(15)11-5-4-10(17-11)8-14-6-2-3-9(13)7-14;/h4-5,9H,2-3,6-8,13H2,1H3;1H/t9-;/m1./s1. The predicted molar refractivity (Wildman–Crippen MR) is 69.8 cm³/mol. The highest BCUT2D eigenvalue weighted by Gasteiger charge is 2.18. The van der Waals surface area contributed by atoms with Crippen LogP contribution in [0, 0.1) is 0 Å². The summed E-state index contributed by atoms with van der Waals surface area (Å²) < 4.78 is 10.0. The van der Waals surface area contributed by atoms with Crippen LogP contribution in [0.5, 0.6) is 0 Å². The van der Waals surface area contributed by atoms with Gasteiger partial charge in [-0.2, -0.15) is 0 Å². The molecule has 1 aliphatic heterocycles. The van der Waals surface area contributed by atoms with E-state index in [1.807, 2.05) is 6.07 Å². The first-order valence-electron chi connectivity index (χ1n) is 5.84. The van der Waals surface area contributed by atoms with Crippen LogP contribution in [0.4, 0.5) is 0 Å². The Hall–Kier alpha value is -1.04. The SMILES string of the molecule is COC(=O)c1ccc(CN2CCC[C@@H](N)C2)o1.Cl. The summed E-state index contributed by atoms with van der Waals surface area (Å²) in [6.45, 7) is 2.61. The molecule has 2 heterocycles. The summed E-state index contributed by atoms with van der Waals surface area (Å²) in [4.78, 5) is 13.5. The van der Waals surface area contributed by atoms with Gasteiger partial charge in [0.1, 0.15) is 5.76 Å². The number of piperidine rings is 1. The third-order valence-electron chi connectivity index (χ3n) is 2.97. The Morgan fingerprint density at radius 3 is 3.06 bits per heavy atom. The fraction of sp³-hybridized carbons (Fsp3) is 0.583. The van der Waals surface area contributed by atoms with Crippen molar-refractivity contribution in [2.45, 2.75) is 25.4 Å². The van der Waals surface area contributed by atoms with Gasteiger partial charge in [-0.3, -0.25) is 4.90 Å². The second kappa shape index (κ2) is 6.78. The molecule has 0 saturated carbocycles. The van der Waals surface area contributed by atoms with E-state index < -0.39 is 5.97 Å². The molecule has 2 rings (SSSR count). The molecule has 0 amide bonds. The van der Waals surface area contributed by atoms with Gasteiger partial charge in [0.15, 0.2) is 0 Å². The average Bonchev–Trinajstić information content (AvgIpc) is 2.76. The largest absolute Gasteiger partial charge is 0.463 e. The molecule has 102 valence electrons. The summed E-state index contributed by atoms with van der Waals surface area (Å²) in [5, 5.41) is 0. The monoisotopic (exact) mass is 274 g/mol. The molecule has 1 aliphatic rings. The molecule has 0 radical (unpaired) electrons. The summed E-state index contributed by atoms with van der Waals surface area (Å²) in [5.41, 5.74) is 5.91. The fourth-order valence-electron chi connectivity index (χ4n) is 2.13. The molecule has 1 fully saturated rings. The molecule has 18 heavy (non-hydrogen) atoms. The molecule has 1 aromatic rings. The van der Waals surface area contributed by atoms with Gasteiger partial charge < -0.3 is 14.9 Å². The van der Waals surface area contributed by atoms with Crippen molar-refractivity contribution in [1.82, 2.24) is 4.90 Å². The van der Waals surface area contributed by atoms with Crippen LogP contribution in [0.3, 0.4) is 0 Å². The average molecular weight is 275 g/mol. The van der Waals surface area contributed by atoms with E-state index in [1.165, 1.54) is 7.11 Å². The Labute approximate surface area is 113 Å². The van der Waals surface area contributed by atoms with Crippen molar-refractivity contribution >= 4 is 18.4 Å². The second-order valence-corrected chi connectivity index (χ2v) is 4.39. The van der Waals surface area contributed by atoms with E-state index in [1.54, 1.807) is 6.07 Å². The van der Waals surface area contributed by atoms with Crippen molar-refractivity contribution in [1.29, 1.82) is 0 Å². The third-order valence-corrected chi connectivity index (χ3v) is 2.97. The molecule has 1 atom stereocenters. The number of carbonyl (C=O) groups is 1. The minimum Gasteiger partial charge on any atom is -0.463 e. The zero-order valence-corrected chi connectivity index (χ0v) is 11.2. The van der Waals surface area contributed by atoms with Crippen LogP contribution < -0.4 is 5.73 Å². The molecular formula is C12H19ClN2O3. The minimum atomic E-state index is -0.438. The van der Waals surface area contributed by atoms with E-state index in [0.29, 0.717) is 6.54 Å². The number of hydrogen-bond donors (Lipinski definition) is 1. The van der Waals surface area contributed by atoms with E-state index in [4.69, 9.17) is 10.2 Å². The number of hydrogen-bond acceptors (Lipinski definition) is 5. The number of likely N-dealkylation sites (tertiary alicyclic amines) is 1. The summed E-state index contributed by atoms with van der Waals surface area (Å²) in [5.74, 6) is 0.593. The molecule has 0 bridgehead atoms. The molecule has 0 unspecified atom stereocenters. The number of esters is 1. The fourth-order valence-corrected chi connectivity index (χ4v) is 2.13. The van der Waals surface area contributed by atoms with Crippen molar-refractivity contribution in [3.63, 3.8) is 0 Å². The van der Waals surface area contributed by atoms with Crippen LogP contribution in [0.2, 0.25) is 0 Å². The zero-order chi connectivity index (χ0) is 12.3. The van der Waals surface area contributed by atoms with Crippen molar-refractivity contribution in [2.75, 3.05) is 20.2 Å². The molecule has 2 N–H and O–H groups in total. The van der Waals surface area contributed by atoms with E-state index in [2.05, 4.69) is 9.64 Å². The van der Waals surface area contributed by atoms with Crippen LogP contribution in [-0.4, -0.2) is 37.1 Å². The Morgan fingerprint density at radius 1 is 1.61 bits per heavy atom. The second-order valence-electron chi connectivity index (χ2n) is 4.39. The van der Waals surface area contributed by atoms with Gasteiger partial charge in [-0.05, 0) is 31.5 Å². The topological polar surface area (TPSA) is 68.7 Å². The van der Waals surface area contributed by atoms with Crippen LogP contribution in [0.15, 0.2) is 16.5 Å². The molecule has 1 saturated heterocycles. The highest BCUT2D eigenvalue weighted by molar-refractivity contribution is 5.86. The van der Waals surface area contributed by atoms with Crippen LogP contribution in [0.1, 0.15) is 29.2 Å². The highest BCUT2D eigenvalue weighted by Crippen LogP contribution is 2.15. The Balaban J connectivity index is 0.00000162. The van der Waals surface area contributed by atoms with Gasteiger partial charge >= 0.3 is 5.97 Å². The first kappa shape index (κ1) is 15.0. The quantitative estimate of drug-likeness (QED) is 0.844. The van der Waals surface area contributed by atoms with Crippen molar-refractivity contribution in [3.8, 4) is 0 Å². The number of furan rings is 1. The van der Waals surface area contributed by atoms with Crippen LogP contribution in [0.25, 0.3) is 0 Å². The lowest BCUT2D eigenvalue weighted by atomic mass is 10.1. The number of methoxy groups -OCH3 is 1. The van der Waals surface area contributed by atoms with Crippen LogP contribution in [-0.2, 0) is 11.3 Å². The van der Waals surface area contributed by atoms with E-state index in [9.17, 15) is 4.79 Å². The summed E-state index contributed by atoms with van der Waals surface area (Å²) in [7, 11) is 1.34. The first-order chi connectivity index (χ1) is 8.19. The predicted octanol–water partition coefficient (Wildman–Crippen LogP) is 1.41. The minimum absolute atomic E-state index is 0. The number of carbonyl (C=O) groups excluding carboxylic acids is 1. The lowest BCUT2D eigenvalue weighted by molar-refractivity contribution is 0.0560. The molecule has 5 nitrogen and oxygen atoms in total. The molecule has 6 heteroatoms. The Morgan fingerprint density at radius 2 is 2.39 bits per heavy atom. The Bertz CT molecular complexity index is 394. The van der Waals surface area contributed by atoms with Crippen molar-refractivity contribution < 1.29 is 13.9 Å². The van der Waals surface area contributed by atoms with Crippen LogP contribution >= 0.6 is 12.4 Å². The van der Waals surface area contributed by atoms with Gasteiger partial charge in [0.2, 0.25) is 5.76 Å². The van der Waals surface area contributed by atoms with Gasteiger partial charge in [0, 0.05) is 12.6 Å². The lowest BCUT2D eigenvalue weighted by Gasteiger charge is -2.29. The molecular weight excluding hydrogens is 256 g/mol. The molecule has 0 spiro atoms. The van der Waals surface area contributed by atoms with Gasteiger partial charge in [-0.15, -0.1) is 12.4 Å². The first-order valence-corrected chi connectivity index (χ1v) is 5.84. The molecule has 1 aromatic heterocycles. The van der Waals surface area contributed by atoms with Gasteiger partial charge in [-0.1, -0.05) is 0 Å². The number of ether oxygens (including phenoxy) is 1. The summed E-state index contributed by atoms with van der Waals surface area (Å²) in [6.07, 6.45) is 2.20. The molecule has 0 aromatic carbocycles. The number of rotatable bonds is 3. The van der Waals surface area contributed by atoms with Gasteiger partial charge in [0.05, 0.1) is 13.7 Å². The smallest absolute Gasteiger partial charge is 0.373 e. The van der Waals surface area contributed by atoms with Crippen molar-refractivity contribution in [3.05, 3.63) is 23.7 Å². The summed E-state index contributed by atoms with van der Waals surface area (Å²) >= 11 is 0. The number of halogens is 1. The Kier molecular flexibility index (Phi) is 5.65. The lowest BCUT2D eigenvalue weighted by Crippen LogP contribution is -2.42. The molecule has 0 aliphatic carbocycles. The normalized spacial score (nSPS) is 20.2. The van der Waals surface area contributed by atoms with E-state index >= 15 is 0 Å². The van der Waals surface area contributed by atoms with Gasteiger partial charge in [-0.25, -0.2) is 4.79 Å². The van der Waals surface area contributed by atoms with E-state index in [-0.39, 0.29) is 24.2 Å². The maximum Gasteiger partial charge on any atom is 0.373 e. The van der Waals surface area contributed by atoms with Crippen molar-refractivity contribution in [2.24, 2.45) is 5.73 Å². The number of nitrogens with two attached hydrogens (primary N) is 1. The number of nitrogens with zero attached hydrogens (tertiary/aromatic N) is 1. The van der Waals surface area contributed by atoms with E-state index in [0.717, 1.165) is 31.7 Å². The third kappa shape index (κ3) is 3.73. The van der Waals surface area contributed by atoms with Gasteiger partial charge in [0.25, 0.3) is 0 Å². The maximum absolute atomic E-state index is 11.2. The highest BCUT2D eigenvalue weighted by atomic mass is 35.5. The maximum atomic E-state index is 11.2. The zero-order valence-electron chi connectivity index (χ0n) is 10.4. The summed E-state index contributed by atoms with van der Waals surface area (Å²) in [6, 6.07) is 3.70.